The molecule has 0 fully saturated rings. The van der Waals surface area contributed by atoms with Crippen LogP contribution in [-0.2, 0) is 6.42 Å². The Bertz CT molecular complexity index is 1110. The second-order valence-corrected chi connectivity index (χ2v) is 5.93. The lowest BCUT2D eigenvalue weighted by Crippen LogP contribution is -2.02. The smallest absolute Gasteiger partial charge is 0.195 e. The second-order valence-electron chi connectivity index (χ2n) is 5.93. The normalized spacial score (nSPS) is 10.8. The molecule has 0 heterocycles. The Morgan fingerprint density at radius 3 is 2.19 bits per heavy atom. The summed E-state index contributed by atoms with van der Waals surface area (Å²) in [6, 6.07) is 5.39. The molecule has 27 heavy (non-hydrogen) atoms. The lowest BCUT2D eigenvalue weighted by atomic mass is 10.0. The fourth-order valence-electron chi connectivity index (χ4n) is 2.73. The zero-order valence-electron chi connectivity index (χ0n) is 14.1. The molecule has 0 nitrogen and oxygen atoms in total. The highest BCUT2D eigenvalue weighted by molar-refractivity contribution is 5.84. The van der Waals surface area contributed by atoms with E-state index < -0.39 is 40.5 Å². The monoisotopic (exact) mass is 378 g/mol. The van der Waals surface area contributed by atoms with Crippen LogP contribution in [0.3, 0.4) is 0 Å². The number of halogens is 6. The van der Waals surface area contributed by atoms with Crippen molar-refractivity contribution in [3.63, 3.8) is 0 Å². The summed E-state index contributed by atoms with van der Waals surface area (Å²) in [4.78, 5) is 0. The van der Waals surface area contributed by atoms with E-state index in [9.17, 15) is 26.3 Å². The van der Waals surface area contributed by atoms with Crippen molar-refractivity contribution in [3.8, 4) is 11.8 Å². The van der Waals surface area contributed by atoms with Gasteiger partial charge in [0, 0.05) is 16.5 Å². The number of hydrogen-bond donors (Lipinski definition) is 0. The van der Waals surface area contributed by atoms with E-state index >= 15 is 0 Å². The first-order chi connectivity index (χ1) is 12.8. The van der Waals surface area contributed by atoms with Crippen LogP contribution in [0.1, 0.15) is 30.0 Å². The molecule has 6 heteroatoms. The van der Waals surface area contributed by atoms with Crippen molar-refractivity contribution in [3.05, 3.63) is 81.9 Å². The van der Waals surface area contributed by atoms with Gasteiger partial charge in [-0.15, -0.1) is 0 Å². The maximum atomic E-state index is 14.1. The largest absolute Gasteiger partial charge is 0.207 e. The summed E-state index contributed by atoms with van der Waals surface area (Å²) in [5.74, 6) is -2.88. The highest BCUT2D eigenvalue weighted by atomic mass is 19.2. The van der Waals surface area contributed by atoms with Crippen molar-refractivity contribution in [2.45, 2.75) is 19.8 Å². The minimum absolute atomic E-state index is 0.0503. The predicted octanol–water partition coefficient (Wildman–Crippen LogP) is 6.03. The van der Waals surface area contributed by atoms with Crippen molar-refractivity contribution in [1.29, 1.82) is 0 Å². The first kappa shape index (κ1) is 18.8. The molecule has 0 saturated carbocycles. The third kappa shape index (κ3) is 3.50. The van der Waals surface area contributed by atoms with Gasteiger partial charge in [-0.2, -0.15) is 0 Å². The summed E-state index contributed by atoms with van der Waals surface area (Å²) >= 11 is 0. The van der Waals surface area contributed by atoms with Crippen LogP contribution in [0.15, 0.2) is 30.3 Å². The summed E-state index contributed by atoms with van der Waals surface area (Å²) in [7, 11) is 0. The summed E-state index contributed by atoms with van der Waals surface area (Å²) in [6.07, 6.45) is 0.504. The minimum atomic E-state index is -1.58. The molecule has 3 aromatic carbocycles. The first-order valence-corrected chi connectivity index (χ1v) is 8.09. The zero-order chi connectivity index (χ0) is 19.7. The van der Waals surface area contributed by atoms with Gasteiger partial charge in [0.25, 0.3) is 0 Å². The fraction of sp³-hybridized carbons (Fsp3) is 0.143. The topological polar surface area (TPSA) is 0 Å². The van der Waals surface area contributed by atoms with E-state index in [2.05, 4.69) is 11.8 Å². The molecule has 0 aliphatic carbocycles. The van der Waals surface area contributed by atoms with Crippen LogP contribution in [0.5, 0.6) is 0 Å². The molecule has 0 amide bonds. The Morgan fingerprint density at radius 2 is 1.48 bits per heavy atom. The molecule has 3 aromatic rings. The average molecular weight is 378 g/mol. The molecular weight excluding hydrogens is 366 g/mol. The number of hydrogen-bond acceptors (Lipinski definition) is 0. The maximum Gasteiger partial charge on any atom is 0.195 e. The van der Waals surface area contributed by atoms with Crippen LogP contribution in [0, 0.1) is 46.7 Å². The molecule has 0 unspecified atom stereocenters. The summed E-state index contributed by atoms with van der Waals surface area (Å²) in [5, 5.41) is -0.0963. The Balaban J connectivity index is 2.05. The van der Waals surface area contributed by atoms with Gasteiger partial charge in [-0.05, 0) is 36.1 Å². The van der Waals surface area contributed by atoms with E-state index in [4.69, 9.17) is 0 Å². The molecular formula is C21H12F6. The minimum Gasteiger partial charge on any atom is -0.207 e. The lowest BCUT2D eigenvalue weighted by Gasteiger charge is -2.06. The summed E-state index contributed by atoms with van der Waals surface area (Å²) in [5.41, 5.74) is -0.591. The molecule has 3 rings (SSSR count). The Hall–Kier alpha value is -2.94. The van der Waals surface area contributed by atoms with Gasteiger partial charge in [-0.1, -0.05) is 31.3 Å². The van der Waals surface area contributed by atoms with Crippen LogP contribution >= 0.6 is 0 Å². The predicted molar refractivity (Wildman–Crippen MR) is 90.1 cm³/mol. The fourth-order valence-corrected chi connectivity index (χ4v) is 2.73. The van der Waals surface area contributed by atoms with Gasteiger partial charge in [0.05, 0.1) is 5.56 Å². The van der Waals surface area contributed by atoms with Crippen LogP contribution in [0.4, 0.5) is 26.3 Å². The third-order valence-electron chi connectivity index (χ3n) is 4.07. The standard InChI is InChI=1S/C21H12F6/c1-2-3-15-16(22)9-12(18(24)20(15)26)6-4-11-5-7-14-13(8-11)10-17(23)21(27)19(14)25/h5,7-10H,2-3H2,1H3. The third-order valence-corrected chi connectivity index (χ3v) is 4.07. The van der Waals surface area contributed by atoms with E-state index in [1.807, 2.05) is 0 Å². The molecule has 0 saturated heterocycles. The highest BCUT2D eigenvalue weighted by Gasteiger charge is 2.17. The molecule has 0 radical (unpaired) electrons. The molecule has 138 valence electrons. The highest BCUT2D eigenvalue weighted by Crippen LogP contribution is 2.24. The molecule has 0 atom stereocenters. The van der Waals surface area contributed by atoms with Crippen LogP contribution < -0.4 is 0 Å². The zero-order valence-corrected chi connectivity index (χ0v) is 14.1. The van der Waals surface area contributed by atoms with Gasteiger partial charge in [0.15, 0.2) is 29.1 Å². The molecule has 0 aliphatic rings. The SMILES string of the molecule is CCCc1c(F)cc(C#Cc2ccc3c(F)c(F)c(F)cc3c2)c(F)c1F. The van der Waals surface area contributed by atoms with E-state index in [-0.39, 0.29) is 28.3 Å². The van der Waals surface area contributed by atoms with Gasteiger partial charge < -0.3 is 0 Å². The number of fused-ring (bicyclic) bond motifs is 1. The van der Waals surface area contributed by atoms with Crippen molar-refractivity contribution in [1.82, 2.24) is 0 Å². The average Bonchev–Trinajstić information content (AvgIpc) is 2.65. The van der Waals surface area contributed by atoms with Crippen LogP contribution in [0.2, 0.25) is 0 Å². The van der Waals surface area contributed by atoms with E-state index in [0.29, 0.717) is 6.42 Å². The van der Waals surface area contributed by atoms with Crippen molar-refractivity contribution >= 4 is 10.8 Å². The van der Waals surface area contributed by atoms with Gasteiger partial charge in [-0.3, -0.25) is 0 Å². The lowest BCUT2D eigenvalue weighted by molar-refractivity contribution is 0.453. The Morgan fingerprint density at radius 1 is 0.741 bits per heavy atom. The molecule has 0 N–H and O–H groups in total. The van der Waals surface area contributed by atoms with Crippen molar-refractivity contribution in [2.24, 2.45) is 0 Å². The number of benzene rings is 3. The van der Waals surface area contributed by atoms with E-state index in [1.165, 1.54) is 18.2 Å². The van der Waals surface area contributed by atoms with Crippen LogP contribution in [-0.4, -0.2) is 0 Å². The first-order valence-electron chi connectivity index (χ1n) is 8.09. The summed E-state index contributed by atoms with van der Waals surface area (Å²) in [6.45, 7) is 1.71. The molecule has 0 aliphatic heterocycles. The van der Waals surface area contributed by atoms with Gasteiger partial charge >= 0.3 is 0 Å². The van der Waals surface area contributed by atoms with Gasteiger partial charge in [0.2, 0.25) is 0 Å². The molecule has 0 bridgehead atoms. The molecule has 0 spiro atoms. The maximum absolute atomic E-state index is 14.1. The number of rotatable bonds is 2. The van der Waals surface area contributed by atoms with E-state index in [0.717, 1.165) is 12.1 Å². The quantitative estimate of drug-likeness (QED) is 0.221. The van der Waals surface area contributed by atoms with E-state index in [1.54, 1.807) is 6.92 Å². The van der Waals surface area contributed by atoms with Crippen LogP contribution in [0.25, 0.3) is 10.8 Å². The second kappa shape index (κ2) is 7.36. The van der Waals surface area contributed by atoms with Gasteiger partial charge in [0.1, 0.15) is 5.82 Å². The van der Waals surface area contributed by atoms with Crippen molar-refractivity contribution in [2.75, 3.05) is 0 Å². The molecule has 0 aromatic heterocycles. The Kier molecular flexibility index (Phi) is 5.13. The summed E-state index contributed by atoms with van der Waals surface area (Å²) < 4.78 is 82.3. The van der Waals surface area contributed by atoms with Gasteiger partial charge in [-0.25, -0.2) is 26.3 Å². The van der Waals surface area contributed by atoms with Crippen molar-refractivity contribution < 1.29 is 26.3 Å². The Labute approximate surface area is 151 Å².